The van der Waals surface area contributed by atoms with E-state index in [1.54, 1.807) is 0 Å². The van der Waals surface area contributed by atoms with E-state index in [1.165, 1.54) is 36.9 Å². The summed E-state index contributed by atoms with van der Waals surface area (Å²) in [6.45, 7) is 5.00. The summed E-state index contributed by atoms with van der Waals surface area (Å²) >= 11 is 5.30. The highest BCUT2D eigenvalue weighted by Crippen LogP contribution is 2.20. The summed E-state index contributed by atoms with van der Waals surface area (Å²) in [7, 11) is 0. The van der Waals surface area contributed by atoms with E-state index < -0.39 is 0 Å². The summed E-state index contributed by atoms with van der Waals surface area (Å²) in [5.41, 5.74) is 7.45. The molecule has 0 spiro atoms. The van der Waals surface area contributed by atoms with Crippen LogP contribution in [0.3, 0.4) is 0 Å². The molecule has 0 bridgehead atoms. The van der Waals surface area contributed by atoms with Gasteiger partial charge in [0, 0.05) is 25.3 Å². The number of thiocarbonyl (C=S) groups is 1. The third-order valence-corrected chi connectivity index (χ3v) is 5.11. The predicted octanol–water partition coefficient (Wildman–Crippen LogP) is 4.46. The molecule has 5 heteroatoms. The zero-order chi connectivity index (χ0) is 18.9. The Bertz CT molecular complexity index is 748. The summed E-state index contributed by atoms with van der Waals surface area (Å²) < 4.78 is 0. The van der Waals surface area contributed by atoms with Crippen LogP contribution in [0.25, 0.3) is 0 Å². The molecule has 3 rings (SSSR count). The summed E-state index contributed by atoms with van der Waals surface area (Å²) in [6, 6.07) is 18.9. The van der Waals surface area contributed by atoms with Gasteiger partial charge in [-0.05, 0) is 55.2 Å². The molecular weight excluding hydrogens is 352 g/mol. The van der Waals surface area contributed by atoms with Crippen molar-refractivity contribution < 1.29 is 0 Å². The van der Waals surface area contributed by atoms with E-state index in [2.05, 4.69) is 57.1 Å². The normalized spacial score (nSPS) is 15.1. The Morgan fingerprint density at radius 3 is 2.30 bits per heavy atom. The SMILES string of the molecule is CC(=NNC(=S)NCc1ccccc1)c1ccc(N2CCCCCC2)cc1. The van der Waals surface area contributed by atoms with Crippen LogP contribution in [-0.4, -0.2) is 23.9 Å². The number of nitrogens with one attached hydrogen (secondary N) is 2. The van der Waals surface area contributed by atoms with Gasteiger partial charge in [0.1, 0.15) is 0 Å². The Morgan fingerprint density at radius 2 is 1.63 bits per heavy atom. The van der Waals surface area contributed by atoms with Crippen LogP contribution in [0.2, 0.25) is 0 Å². The van der Waals surface area contributed by atoms with Crippen molar-refractivity contribution in [3.8, 4) is 0 Å². The fraction of sp³-hybridized carbons (Fsp3) is 0.364. The molecule has 0 aliphatic carbocycles. The highest BCUT2D eigenvalue weighted by Gasteiger charge is 2.10. The lowest BCUT2D eigenvalue weighted by Crippen LogP contribution is -2.32. The molecule has 1 aliphatic heterocycles. The third kappa shape index (κ3) is 6.07. The van der Waals surface area contributed by atoms with Crippen molar-refractivity contribution in [2.75, 3.05) is 18.0 Å². The van der Waals surface area contributed by atoms with Gasteiger partial charge in [-0.15, -0.1) is 0 Å². The zero-order valence-electron chi connectivity index (χ0n) is 15.9. The third-order valence-electron chi connectivity index (χ3n) is 4.88. The van der Waals surface area contributed by atoms with E-state index >= 15 is 0 Å². The number of hydrazone groups is 1. The second kappa shape index (κ2) is 10.1. The van der Waals surface area contributed by atoms with Crippen LogP contribution in [0.15, 0.2) is 59.7 Å². The van der Waals surface area contributed by atoms with Crippen LogP contribution in [0.1, 0.15) is 43.7 Å². The lowest BCUT2D eigenvalue weighted by Gasteiger charge is -2.22. The lowest BCUT2D eigenvalue weighted by molar-refractivity contribution is 0.726. The number of hydrogen-bond acceptors (Lipinski definition) is 3. The quantitative estimate of drug-likeness (QED) is 0.457. The van der Waals surface area contributed by atoms with Gasteiger partial charge in [-0.2, -0.15) is 5.10 Å². The molecule has 0 radical (unpaired) electrons. The Balaban J connectivity index is 1.51. The Morgan fingerprint density at radius 1 is 0.963 bits per heavy atom. The van der Waals surface area contributed by atoms with Gasteiger partial charge < -0.3 is 10.2 Å². The highest BCUT2D eigenvalue weighted by atomic mass is 32.1. The van der Waals surface area contributed by atoms with Gasteiger partial charge >= 0.3 is 0 Å². The predicted molar refractivity (Wildman–Crippen MR) is 118 cm³/mol. The highest BCUT2D eigenvalue weighted by molar-refractivity contribution is 7.80. The maximum absolute atomic E-state index is 5.30. The minimum Gasteiger partial charge on any atom is -0.372 e. The van der Waals surface area contributed by atoms with Crippen LogP contribution < -0.4 is 15.6 Å². The van der Waals surface area contributed by atoms with Crippen molar-refractivity contribution >= 4 is 28.7 Å². The maximum atomic E-state index is 5.30. The van der Waals surface area contributed by atoms with Gasteiger partial charge in [-0.3, -0.25) is 5.43 Å². The van der Waals surface area contributed by atoms with Crippen molar-refractivity contribution in [2.24, 2.45) is 5.10 Å². The molecule has 0 aromatic heterocycles. The van der Waals surface area contributed by atoms with Crippen LogP contribution in [-0.2, 0) is 6.54 Å². The number of nitrogens with zero attached hydrogens (tertiary/aromatic N) is 2. The van der Waals surface area contributed by atoms with Gasteiger partial charge in [0.05, 0.1) is 5.71 Å². The average molecular weight is 381 g/mol. The summed E-state index contributed by atoms with van der Waals surface area (Å²) in [6.07, 6.45) is 5.29. The molecule has 0 saturated carbocycles. The summed E-state index contributed by atoms with van der Waals surface area (Å²) in [5.74, 6) is 0. The van der Waals surface area contributed by atoms with Crippen molar-refractivity contribution in [3.05, 3.63) is 65.7 Å². The molecule has 2 aromatic rings. The van der Waals surface area contributed by atoms with Gasteiger partial charge in [-0.1, -0.05) is 55.3 Å². The summed E-state index contributed by atoms with van der Waals surface area (Å²) in [4.78, 5) is 2.49. The van der Waals surface area contributed by atoms with E-state index in [0.717, 1.165) is 24.4 Å². The maximum Gasteiger partial charge on any atom is 0.187 e. The molecule has 2 aromatic carbocycles. The Kier molecular flexibility index (Phi) is 7.22. The number of benzene rings is 2. The zero-order valence-corrected chi connectivity index (χ0v) is 16.8. The second-order valence-corrected chi connectivity index (χ2v) is 7.33. The first kappa shape index (κ1) is 19.4. The van der Waals surface area contributed by atoms with Crippen molar-refractivity contribution in [1.29, 1.82) is 0 Å². The molecule has 4 nitrogen and oxygen atoms in total. The van der Waals surface area contributed by atoms with Gasteiger partial charge in [0.2, 0.25) is 0 Å². The second-order valence-electron chi connectivity index (χ2n) is 6.93. The molecule has 0 amide bonds. The van der Waals surface area contributed by atoms with E-state index in [9.17, 15) is 0 Å². The topological polar surface area (TPSA) is 39.7 Å². The first-order valence-corrected chi connectivity index (χ1v) is 10.1. The standard InChI is InChI=1S/C22H28N4S/c1-18(24-25-22(27)23-17-19-9-5-4-6-10-19)20-11-13-21(14-12-20)26-15-7-2-3-8-16-26/h4-6,9-14H,2-3,7-8,15-17H2,1H3,(H2,23,25,27). The van der Waals surface area contributed by atoms with Crippen LogP contribution >= 0.6 is 12.2 Å². The summed E-state index contributed by atoms with van der Waals surface area (Å²) in [5, 5.41) is 8.11. The molecule has 1 fully saturated rings. The monoisotopic (exact) mass is 380 g/mol. The smallest absolute Gasteiger partial charge is 0.187 e. The molecule has 142 valence electrons. The largest absolute Gasteiger partial charge is 0.372 e. The van der Waals surface area contributed by atoms with Crippen LogP contribution in [0.4, 0.5) is 5.69 Å². The molecule has 27 heavy (non-hydrogen) atoms. The minimum absolute atomic E-state index is 0.527. The number of anilines is 1. The Labute approximate surface area is 167 Å². The Hall–Kier alpha value is -2.40. The molecule has 0 unspecified atom stereocenters. The van der Waals surface area contributed by atoms with Gasteiger partial charge in [0.15, 0.2) is 5.11 Å². The number of hydrogen-bond donors (Lipinski definition) is 2. The van der Waals surface area contributed by atoms with E-state index in [0.29, 0.717) is 11.7 Å². The molecular formula is C22H28N4S. The molecule has 1 saturated heterocycles. The van der Waals surface area contributed by atoms with Crippen molar-refractivity contribution in [3.63, 3.8) is 0 Å². The minimum atomic E-state index is 0.527. The van der Waals surface area contributed by atoms with E-state index in [-0.39, 0.29) is 0 Å². The lowest BCUT2D eigenvalue weighted by atomic mass is 10.1. The molecule has 2 N–H and O–H groups in total. The van der Waals surface area contributed by atoms with E-state index in [1.807, 2.05) is 25.1 Å². The van der Waals surface area contributed by atoms with Gasteiger partial charge in [-0.25, -0.2) is 0 Å². The van der Waals surface area contributed by atoms with Crippen molar-refractivity contribution in [1.82, 2.24) is 10.7 Å². The molecule has 0 atom stereocenters. The van der Waals surface area contributed by atoms with Crippen LogP contribution in [0.5, 0.6) is 0 Å². The molecule has 1 aliphatic rings. The van der Waals surface area contributed by atoms with E-state index in [4.69, 9.17) is 12.2 Å². The fourth-order valence-electron chi connectivity index (χ4n) is 3.26. The first-order valence-electron chi connectivity index (χ1n) is 9.70. The van der Waals surface area contributed by atoms with Gasteiger partial charge in [0.25, 0.3) is 0 Å². The number of rotatable bonds is 5. The van der Waals surface area contributed by atoms with Crippen molar-refractivity contribution in [2.45, 2.75) is 39.2 Å². The fourth-order valence-corrected chi connectivity index (χ4v) is 3.38. The molecule has 1 heterocycles. The average Bonchev–Trinajstić information content (AvgIpc) is 3.01. The first-order chi connectivity index (χ1) is 13.2. The van der Waals surface area contributed by atoms with Crippen LogP contribution in [0, 0.1) is 0 Å².